The van der Waals surface area contributed by atoms with Gasteiger partial charge in [-0.25, -0.2) is 0 Å². The van der Waals surface area contributed by atoms with Crippen LogP contribution in [0.4, 0.5) is 5.69 Å². The number of carbonyl (C=O) groups is 1. The van der Waals surface area contributed by atoms with Crippen LogP contribution in [0.25, 0.3) is 0 Å². The summed E-state index contributed by atoms with van der Waals surface area (Å²) in [6.07, 6.45) is 4.46. The number of primary amides is 1. The van der Waals surface area contributed by atoms with Crippen molar-refractivity contribution in [1.82, 2.24) is 0 Å². The van der Waals surface area contributed by atoms with E-state index in [1.807, 2.05) is 0 Å². The lowest BCUT2D eigenvalue weighted by molar-refractivity contribution is 0.100. The van der Waals surface area contributed by atoms with Crippen molar-refractivity contribution in [2.24, 2.45) is 11.5 Å². The van der Waals surface area contributed by atoms with Crippen molar-refractivity contribution in [2.45, 2.75) is 37.8 Å². The Hall–Kier alpha value is -1.26. The average molecular weight is 268 g/mol. The molecule has 2 rings (SSSR count). The van der Waals surface area contributed by atoms with Gasteiger partial charge in [0.15, 0.2) is 0 Å². The van der Waals surface area contributed by atoms with Crippen molar-refractivity contribution in [3.05, 3.63) is 28.8 Å². The largest absolute Gasteiger partial charge is 0.380 e. The topological polar surface area (TPSA) is 81.1 Å². The van der Waals surface area contributed by atoms with Gasteiger partial charge in [-0.2, -0.15) is 0 Å². The lowest BCUT2D eigenvalue weighted by atomic mass is 9.91. The minimum atomic E-state index is -0.474. The first kappa shape index (κ1) is 13.2. The number of benzene rings is 1. The number of halogens is 1. The Kier molecular flexibility index (Phi) is 4.09. The lowest BCUT2D eigenvalue weighted by Gasteiger charge is -2.30. The van der Waals surface area contributed by atoms with Gasteiger partial charge in [-0.05, 0) is 31.0 Å². The highest BCUT2D eigenvalue weighted by molar-refractivity contribution is 6.33. The Morgan fingerprint density at radius 3 is 2.67 bits per heavy atom. The molecule has 1 amide bonds. The molecule has 0 radical (unpaired) electrons. The summed E-state index contributed by atoms with van der Waals surface area (Å²) >= 11 is 6.13. The van der Waals surface area contributed by atoms with E-state index in [1.54, 1.807) is 18.2 Å². The number of amides is 1. The quantitative estimate of drug-likeness (QED) is 0.785. The Morgan fingerprint density at radius 2 is 2.06 bits per heavy atom. The van der Waals surface area contributed by atoms with Crippen LogP contribution in [0.1, 0.15) is 36.0 Å². The molecule has 0 aliphatic heterocycles. The second kappa shape index (κ2) is 5.59. The molecule has 18 heavy (non-hydrogen) atoms. The third-order valence-electron chi connectivity index (χ3n) is 3.41. The van der Waals surface area contributed by atoms with Gasteiger partial charge in [0.1, 0.15) is 0 Å². The fourth-order valence-corrected chi connectivity index (χ4v) is 2.56. The maximum absolute atomic E-state index is 11.0. The summed E-state index contributed by atoms with van der Waals surface area (Å²) in [6.45, 7) is 0. The van der Waals surface area contributed by atoms with E-state index in [4.69, 9.17) is 23.1 Å². The molecule has 5 N–H and O–H groups in total. The molecular weight excluding hydrogens is 250 g/mol. The average Bonchev–Trinajstić information content (AvgIpc) is 2.34. The molecule has 1 aromatic carbocycles. The summed E-state index contributed by atoms with van der Waals surface area (Å²) in [5, 5.41) is 3.86. The van der Waals surface area contributed by atoms with Gasteiger partial charge < -0.3 is 16.8 Å². The van der Waals surface area contributed by atoms with Crippen molar-refractivity contribution >= 4 is 23.2 Å². The van der Waals surface area contributed by atoms with E-state index < -0.39 is 5.91 Å². The fourth-order valence-electron chi connectivity index (χ4n) is 2.32. The van der Waals surface area contributed by atoms with Crippen LogP contribution in [0.15, 0.2) is 18.2 Å². The fraction of sp³-hybridized carbons (Fsp3) is 0.462. The molecule has 0 saturated heterocycles. The van der Waals surface area contributed by atoms with Gasteiger partial charge in [0.2, 0.25) is 5.91 Å². The number of nitrogens with two attached hydrogens (primary N) is 2. The van der Waals surface area contributed by atoms with Crippen molar-refractivity contribution < 1.29 is 4.79 Å². The Morgan fingerprint density at radius 1 is 1.33 bits per heavy atom. The van der Waals surface area contributed by atoms with Crippen LogP contribution < -0.4 is 16.8 Å². The molecule has 2 atom stereocenters. The molecule has 0 aromatic heterocycles. The molecule has 0 heterocycles. The maximum atomic E-state index is 11.0. The third kappa shape index (κ3) is 2.94. The van der Waals surface area contributed by atoms with E-state index in [-0.39, 0.29) is 12.1 Å². The van der Waals surface area contributed by atoms with Crippen LogP contribution in [0.2, 0.25) is 5.02 Å². The Labute approximate surface area is 112 Å². The normalized spacial score (nSPS) is 23.7. The first-order valence-electron chi connectivity index (χ1n) is 6.19. The summed E-state index contributed by atoms with van der Waals surface area (Å²) in [4.78, 5) is 11.0. The van der Waals surface area contributed by atoms with Crippen LogP contribution in [0.5, 0.6) is 0 Å². The van der Waals surface area contributed by atoms with Gasteiger partial charge in [-0.15, -0.1) is 0 Å². The number of hydrogen-bond donors (Lipinski definition) is 3. The van der Waals surface area contributed by atoms with Crippen LogP contribution in [-0.4, -0.2) is 18.0 Å². The standard InChI is InChI=1S/C13H18ClN3O/c14-9-7-8(13(16)18)5-6-11(9)17-12-4-2-1-3-10(12)15/h5-7,10,12,17H,1-4,15H2,(H2,16,18)/t10-,12+/m0/s1. The zero-order chi connectivity index (χ0) is 13.1. The van der Waals surface area contributed by atoms with Gasteiger partial charge in [0.25, 0.3) is 0 Å². The maximum Gasteiger partial charge on any atom is 0.248 e. The van der Waals surface area contributed by atoms with Crippen LogP contribution >= 0.6 is 11.6 Å². The molecule has 0 bridgehead atoms. The molecule has 1 aliphatic rings. The monoisotopic (exact) mass is 267 g/mol. The summed E-state index contributed by atoms with van der Waals surface area (Å²) in [7, 11) is 0. The predicted molar refractivity (Wildman–Crippen MR) is 73.8 cm³/mol. The minimum absolute atomic E-state index is 0.158. The van der Waals surface area contributed by atoms with E-state index in [0.29, 0.717) is 10.6 Å². The zero-order valence-electron chi connectivity index (χ0n) is 10.2. The third-order valence-corrected chi connectivity index (χ3v) is 3.73. The van der Waals surface area contributed by atoms with Gasteiger partial charge in [0, 0.05) is 17.6 Å². The van der Waals surface area contributed by atoms with Gasteiger partial charge in [-0.1, -0.05) is 24.4 Å². The molecule has 5 heteroatoms. The number of nitrogens with one attached hydrogen (secondary N) is 1. The van der Waals surface area contributed by atoms with Crippen LogP contribution in [0.3, 0.4) is 0 Å². The molecule has 0 spiro atoms. The second-order valence-corrected chi connectivity index (χ2v) is 5.17. The molecule has 98 valence electrons. The number of rotatable bonds is 3. The van der Waals surface area contributed by atoms with Crippen LogP contribution in [-0.2, 0) is 0 Å². The van der Waals surface area contributed by atoms with Crippen molar-refractivity contribution in [3.63, 3.8) is 0 Å². The molecule has 1 saturated carbocycles. The van der Waals surface area contributed by atoms with E-state index in [1.165, 1.54) is 12.8 Å². The minimum Gasteiger partial charge on any atom is -0.380 e. The zero-order valence-corrected chi connectivity index (χ0v) is 10.9. The Balaban J connectivity index is 2.11. The van der Waals surface area contributed by atoms with E-state index in [0.717, 1.165) is 18.5 Å². The molecule has 1 aromatic rings. The summed E-state index contributed by atoms with van der Waals surface area (Å²) in [6, 6.07) is 5.44. The van der Waals surface area contributed by atoms with Gasteiger partial charge in [0.05, 0.1) is 10.7 Å². The number of anilines is 1. The van der Waals surface area contributed by atoms with Crippen LogP contribution in [0, 0.1) is 0 Å². The number of carbonyl (C=O) groups excluding carboxylic acids is 1. The summed E-state index contributed by atoms with van der Waals surface area (Å²) in [5.74, 6) is -0.474. The van der Waals surface area contributed by atoms with E-state index in [9.17, 15) is 4.79 Å². The SMILES string of the molecule is NC(=O)c1ccc(N[C@@H]2CCCC[C@@H]2N)c(Cl)c1. The Bertz CT molecular complexity index is 450. The molecule has 0 unspecified atom stereocenters. The summed E-state index contributed by atoms with van der Waals surface area (Å²) < 4.78 is 0. The smallest absolute Gasteiger partial charge is 0.248 e. The molecular formula is C13H18ClN3O. The first-order valence-corrected chi connectivity index (χ1v) is 6.57. The van der Waals surface area contributed by atoms with Crippen molar-refractivity contribution in [2.75, 3.05) is 5.32 Å². The molecule has 4 nitrogen and oxygen atoms in total. The number of hydrogen-bond acceptors (Lipinski definition) is 3. The highest BCUT2D eigenvalue weighted by Crippen LogP contribution is 2.27. The van der Waals surface area contributed by atoms with E-state index in [2.05, 4.69) is 5.32 Å². The van der Waals surface area contributed by atoms with Gasteiger partial charge in [-0.3, -0.25) is 4.79 Å². The molecule has 1 aliphatic carbocycles. The first-order chi connectivity index (χ1) is 8.58. The van der Waals surface area contributed by atoms with Gasteiger partial charge >= 0.3 is 0 Å². The summed E-state index contributed by atoms with van der Waals surface area (Å²) in [5.41, 5.74) is 12.5. The molecule has 1 fully saturated rings. The predicted octanol–water partition coefficient (Wildman–Crippen LogP) is 2.12. The second-order valence-electron chi connectivity index (χ2n) is 4.76. The lowest BCUT2D eigenvalue weighted by Crippen LogP contribution is -2.42. The van der Waals surface area contributed by atoms with Crippen molar-refractivity contribution in [3.8, 4) is 0 Å². The highest BCUT2D eigenvalue weighted by Gasteiger charge is 2.22. The van der Waals surface area contributed by atoms with E-state index >= 15 is 0 Å². The van der Waals surface area contributed by atoms with Crippen molar-refractivity contribution in [1.29, 1.82) is 0 Å². The highest BCUT2D eigenvalue weighted by atomic mass is 35.5.